The predicted octanol–water partition coefficient (Wildman–Crippen LogP) is 3.78. The Morgan fingerprint density at radius 1 is 1.29 bits per heavy atom. The van der Waals surface area contributed by atoms with E-state index in [-0.39, 0.29) is 5.78 Å². The molecule has 0 aromatic rings. The number of ketones is 1. The number of carbonyl (C=O) groups excluding carboxylic acids is 1. The minimum absolute atomic E-state index is 0.230. The van der Waals surface area contributed by atoms with Crippen molar-refractivity contribution in [3.8, 4) is 0 Å². The molecule has 0 unspecified atom stereocenters. The molecule has 0 bridgehead atoms. The van der Waals surface area contributed by atoms with Crippen LogP contribution in [-0.4, -0.2) is 19.0 Å². The number of hydrogen-bond donors (Lipinski definition) is 0. The molecule has 14 heavy (non-hydrogen) atoms. The van der Waals surface area contributed by atoms with Crippen LogP contribution in [0.3, 0.4) is 0 Å². The van der Waals surface area contributed by atoms with E-state index in [0.29, 0.717) is 0 Å². The molecule has 0 saturated carbocycles. The topological polar surface area (TPSA) is 17.1 Å². The quantitative estimate of drug-likeness (QED) is 0.553. The molecule has 1 saturated heterocycles. The Balaban J connectivity index is 2.57. The second-order valence-corrected chi connectivity index (χ2v) is 16.0. The third kappa shape index (κ3) is 2.98. The first kappa shape index (κ1) is 12.0. The molecule has 0 amide bonds. The van der Waals surface area contributed by atoms with E-state index in [1.807, 2.05) is 6.08 Å². The average Bonchev–Trinajstić information content (AvgIpc) is 2.19. The van der Waals surface area contributed by atoms with Gasteiger partial charge in [-0.3, -0.25) is 0 Å². The molecule has 0 aromatic carbocycles. The van der Waals surface area contributed by atoms with Gasteiger partial charge < -0.3 is 0 Å². The van der Waals surface area contributed by atoms with Gasteiger partial charge in [0.2, 0.25) is 0 Å². The minimum atomic E-state index is -1.38. The summed E-state index contributed by atoms with van der Waals surface area (Å²) < 4.78 is 0. The summed E-state index contributed by atoms with van der Waals surface area (Å²) in [4.78, 5) is 11.0. The molecule has 0 aliphatic carbocycles. The van der Waals surface area contributed by atoms with Crippen LogP contribution >= 0.6 is 0 Å². The van der Waals surface area contributed by atoms with Gasteiger partial charge in [-0.15, -0.1) is 0 Å². The van der Waals surface area contributed by atoms with Crippen LogP contribution in [0.2, 0.25) is 21.0 Å². The van der Waals surface area contributed by atoms with Gasteiger partial charge in [0.1, 0.15) is 0 Å². The molecular formula is C12H22GeO. The summed E-state index contributed by atoms with van der Waals surface area (Å²) >= 11 is -1.38. The van der Waals surface area contributed by atoms with E-state index in [1.54, 1.807) is 6.92 Å². The fourth-order valence-corrected chi connectivity index (χ4v) is 10.6. The summed E-state index contributed by atoms with van der Waals surface area (Å²) in [7, 11) is 0. The van der Waals surface area contributed by atoms with Crippen LogP contribution in [0.15, 0.2) is 11.6 Å². The van der Waals surface area contributed by atoms with E-state index in [0.717, 1.165) is 0 Å². The molecule has 0 radical (unpaired) electrons. The van der Waals surface area contributed by atoms with Crippen molar-refractivity contribution in [2.45, 2.75) is 54.6 Å². The first-order valence-electron chi connectivity index (χ1n) is 5.82. The van der Waals surface area contributed by atoms with Crippen LogP contribution in [0.25, 0.3) is 0 Å². The zero-order valence-electron chi connectivity index (χ0n) is 9.73. The molecule has 0 spiro atoms. The van der Waals surface area contributed by atoms with Crippen molar-refractivity contribution in [2.75, 3.05) is 0 Å². The van der Waals surface area contributed by atoms with Crippen molar-refractivity contribution in [1.82, 2.24) is 0 Å². The molecule has 1 aliphatic heterocycles. The summed E-state index contributed by atoms with van der Waals surface area (Å²) in [6, 6.07) is 0. The molecular weight excluding hydrogens is 233 g/mol. The molecule has 2 heteroatoms. The van der Waals surface area contributed by atoms with Gasteiger partial charge in [0.05, 0.1) is 0 Å². The van der Waals surface area contributed by atoms with Crippen molar-refractivity contribution in [1.29, 1.82) is 0 Å². The van der Waals surface area contributed by atoms with Crippen molar-refractivity contribution >= 4 is 19.0 Å². The van der Waals surface area contributed by atoms with Gasteiger partial charge >= 0.3 is 90.1 Å². The molecule has 1 nitrogen and oxygen atoms in total. The number of hydrogen-bond acceptors (Lipinski definition) is 1. The van der Waals surface area contributed by atoms with Crippen molar-refractivity contribution in [3.05, 3.63) is 11.6 Å². The predicted molar refractivity (Wildman–Crippen MR) is 64.3 cm³/mol. The maximum atomic E-state index is 11.0. The van der Waals surface area contributed by atoms with Crippen molar-refractivity contribution in [3.63, 3.8) is 0 Å². The van der Waals surface area contributed by atoms with Crippen molar-refractivity contribution in [2.24, 2.45) is 0 Å². The van der Waals surface area contributed by atoms with Crippen LogP contribution in [0.4, 0.5) is 0 Å². The maximum absolute atomic E-state index is 11.0. The van der Waals surface area contributed by atoms with Gasteiger partial charge in [0.15, 0.2) is 0 Å². The Hall–Kier alpha value is -0.0471. The number of carbonyl (C=O) groups is 1. The van der Waals surface area contributed by atoms with E-state index in [2.05, 4.69) is 13.8 Å². The first-order valence-corrected chi connectivity index (χ1v) is 11.8. The fraction of sp³-hybridized carbons (Fsp3) is 0.750. The summed E-state index contributed by atoms with van der Waals surface area (Å²) in [6.07, 6.45) is 4.32. The first-order chi connectivity index (χ1) is 6.62. The third-order valence-electron chi connectivity index (χ3n) is 3.86. The van der Waals surface area contributed by atoms with E-state index in [9.17, 15) is 4.79 Å². The molecule has 0 N–H and O–H groups in total. The Kier molecular flexibility index (Phi) is 4.42. The zero-order valence-corrected chi connectivity index (χ0v) is 11.8. The molecule has 1 fully saturated rings. The van der Waals surface area contributed by atoms with Crippen LogP contribution in [0.5, 0.6) is 0 Å². The van der Waals surface area contributed by atoms with E-state index < -0.39 is 13.3 Å². The van der Waals surface area contributed by atoms with Crippen LogP contribution in [0, 0.1) is 0 Å². The van der Waals surface area contributed by atoms with Crippen LogP contribution < -0.4 is 0 Å². The van der Waals surface area contributed by atoms with E-state index in [4.69, 9.17) is 0 Å². The van der Waals surface area contributed by atoms with Gasteiger partial charge in [-0.1, -0.05) is 0 Å². The van der Waals surface area contributed by atoms with E-state index >= 15 is 0 Å². The van der Waals surface area contributed by atoms with Gasteiger partial charge in [-0.05, 0) is 0 Å². The summed E-state index contributed by atoms with van der Waals surface area (Å²) in [5.74, 6) is 0.230. The normalized spacial score (nSPS) is 20.6. The second kappa shape index (κ2) is 5.15. The molecule has 1 heterocycles. The summed E-state index contributed by atoms with van der Waals surface area (Å²) in [6.45, 7) is 6.42. The van der Waals surface area contributed by atoms with Gasteiger partial charge in [-0.2, -0.15) is 0 Å². The monoisotopic (exact) mass is 256 g/mol. The van der Waals surface area contributed by atoms with Gasteiger partial charge in [0.25, 0.3) is 0 Å². The van der Waals surface area contributed by atoms with Crippen LogP contribution in [-0.2, 0) is 4.79 Å². The van der Waals surface area contributed by atoms with Gasteiger partial charge in [-0.25, -0.2) is 0 Å². The Bertz CT molecular complexity index is 227. The number of rotatable bonds is 3. The Morgan fingerprint density at radius 3 is 2.14 bits per heavy atom. The molecule has 1 rings (SSSR count). The molecule has 80 valence electrons. The fourth-order valence-electron chi connectivity index (χ4n) is 2.49. The van der Waals surface area contributed by atoms with Crippen molar-refractivity contribution < 1.29 is 4.79 Å². The zero-order chi connectivity index (χ0) is 10.6. The average molecular weight is 255 g/mol. The molecule has 0 aromatic heterocycles. The van der Waals surface area contributed by atoms with Crippen LogP contribution in [0.1, 0.15) is 33.6 Å². The third-order valence-corrected chi connectivity index (χ3v) is 15.7. The summed E-state index contributed by atoms with van der Waals surface area (Å²) in [5.41, 5.74) is 1.42. The Morgan fingerprint density at radius 2 is 1.79 bits per heavy atom. The Labute approximate surface area is 90.3 Å². The second-order valence-electron chi connectivity index (χ2n) is 4.62. The van der Waals surface area contributed by atoms with E-state index in [1.165, 1.54) is 39.4 Å². The van der Waals surface area contributed by atoms with Gasteiger partial charge in [0, 0.05) is 0 Å². The number of allylic oxidation sites excluding steroid dienone is 2. The molecule has 0 atom stereocenters. The SMILES string of the molecule is C[CH2][Ge]1([CH2]C)[CH2]CC(=CC(C)=O)C[CH2]1. The summed E-state index contributed by atoms with van der Waals surface area (Å²) in [5, 5.41) is 5.88. The standard InChI is InChI=1S/C12H22GeO/c1-4-13(5-2)8-6-12(7-9-13)10-11(3)14/h10H,4-9H2,1-3H3. The molecule has 1 aliphatic rings.